The molecule has 0 radical (unpaired) electrons. The van der Waals surface area contributed by atoms with Crippen LogP contribution >= 0.6 is 11.6 Å². The van der Waals surface area contributed by atoms with Crippen LogP contribution in [-0.4, -0.2) is 36.4 Å². The summed E-state index contributed by atoms with van der Waals surface area (Å²) in [5.74, 6) is 0. The van der Waals surface area contributed by atoms with E-state index in [9.17, 15) is 0 Å². The second-order valence-corrected chi connectivity index (χ2v) is 7.03. The van der Waals surface area contributed by atoms with E-state index < -0.39 is 0 Å². The van der Waals surface area contributed by atoms with Gasteiger partial charge in [0.15, 0.2) is 0 Å². The van der Waals surface area contributed by atoms with Gasteiger partial charge < -0.3 is 9.80 Å². The molecule has 1 heterocycles. The Morgan fingerprint density at radius 2 is 1.73 bits per heavy atom. The monoisotopic (exact) mass is 368 g/mol. The molecule has 2 aromatic rings. The molecule has 1 atom stereocenters. The Balaban J connectivity index is 1.65. The third kappa shape index (κ3) is 4.38. The number of anilines is 1. The van der Waals surface area contributed by atoms with Gasteiger partial charge in [0.05, 0.1) is 6.21 Å². The van der Waals surface area contributed by atoms with E-state index in [1.807, 2.05) is 43.7 Å². The molecule has 0 saturated carbocycles. The molecule has 1 aliphatic heterocycles. The lowest BCUT2D eigenvalue weighted by Gasteiger charge is -2.29. The molecule has 0 N–H and O–H groups in total. The Morgan fingerprint density at radius 3 is 2.35 bits per heavy atom. The van der Waals surface area contributed by atoms with Crippen molar-refractivity contribution in [3.8, 4) is 0 Å². The fourth-order valence-corrected chi connectivity index (χ4v) is 3.12. The van der Waals surface area contributed by atoms with Crippen LogP contribution in [0.5, 0.6) is 0 Å². The average molecular weight is 369 g/mol. The first-order valence-electron chi connectivity index (χ1n) is 8.85. The zero-order chi connectivity index (χ0) is 18.5. The van der Waals surface area contributed by atoms with Crippen molar-refractivity contribution in [1.29, 1.82) is 0 Å². The molecule has 5 heteroatoms. The SMILES string of the molecule is CCC1N(Cc2ccc(Cl)cc2)C=CN1N=Cc1ccc(N(C)C)cc1. The van der Waals surface area contributed by atoms with Gasteiger partial charge in [-0.2, -0.15) is 5.10 Å². The predicted octanol–water partition coefficient (Wildman–Crippen LogP) is 4.77. The summed E-state index contributed by atoms with van der Waals surface area (Å²) in [6.45, 7) is 3.02. The molecule has 1 aliphatic rings. The third-order valence-corrected chi connectivity index (χ3v) is 4.74. The smallest absolute Gasteiger partial charge is 0.122 e. The van der Waals surface area contributed by atoms with Crippen LogP contribution in [0, 0.1) is 0 Å². The van der Waals surface area contributed by atoms with E-state index in [-0.39, 0.29) is 6.17 Å². The first kappa shape index (κ1) is 18.3. The Bertz CT molecular complexity index is 766. The lowest BCUT2D eigenvalue weighted by Crippen LogP contribution is -2.35. The fraction of sp³-hybridized carbons (Fsp3) is 0.286. The molecular weight excluding hydrogens is 344 g/mol. The molecule has 4 nitrogen and oxygen atoms in total. The molecule has 26 heavy (non-hydrogen) atoms. The molecule has 0 aromatic heterocycles. The van der Waals surface area contributed by atoms with Crippen molar-refractivity contribution in [3.63, 3.8) is 0 Å². The number of halogens is 1. The largest absolute Gasteiger partial charge is 0.378 e. The summed E-state index contributed by atoms with van der Waals surface area (Å²) in [6.07, 6.45) is 7.27. The van der Waals surface area contributed by atoms with E-state index in [0.29, 0.717) is 0 Å². The number of hydrogen-bond acceptors (Lipinski definition) is 4. The number of rotatable bonds is 6. The molecule has 1 unspecified atom stereocenters. The molecule has 0 bridgehead atoms. The van der Waals surface area contributed by atoms with Gasteiger partial charge >= 0.3 is 0 Å². The highest BCUT2D eigenvalue weighted by atomic mass is 35.5. The third-order valence-electron chi connectivity index (χ3n) is 4.49. The molecule has 2 aromatic carbocycles. The second-order valence-electron chi connectivity index (χ2n) is 6.60. The summed E-state index contributed by atoms with van der Waals surface area (Å²) in [4.78, 5) is 4.39. The van der Waals surface area contributed by atoms with Crippen LogP contribution in [0.2, 0.25) is 5.02 Å². The van der Waals surface area contributed by atoms with Gasteiger partial charge in [0.2, 0.25) is 0 Å². The van der Waals surface area contributed by atoms with Crippen molar-refractivity contribution in [3.05, 3.63) is 77.1 Å². The van der Waals surface area contributed by atoms with E-state index in [1.54, 1.807) is 0 Å². The van der Waals surface area contributed by atoms with Crippen LogP contribution in [0.15, 0.2) is 66.0 Å². The van der Waals surface area contributed by atoms with E-state index in [2.05, 4.69) is 64.4 Å². The maximum absolute atomic E-state index is 5.98. The normalized spacial score (nSPS) is 16.7. The standard InChI is InChI=1S/C21H25ClN4/c1-4-21-25(16-18-5-9-19(22)10-6-18)13-14-26(21)23-15-17-7-11-20(12-8-17)24(2)3/h5-15,21H,4,16H2,1-3H3. The number of hydrogen-bond donors (Lipinski definition) is 0. The summed E-state index contributed by atoms with van der Waals surface area (Å²) >= 11 is 5.98. The van der Waals surface area contributed by atoms with Crippen molar-refractivity contribution in [2.24, 2.45) is 5.10 Å². The minimum atomic E-state index is 0.225. The summed E-state index contributed by atoms with van der Waals surface area (Å²) in [6, 6.07) is 16.4. The second kappa shape index (κ2) is 8.28. The van der Waals surface area contributed by atoms with Crippen LogP contribution in [0.1, 0.15) is 24.5 Å². The molecule has 0 saturated heterocycles. The summed E-state index contributed by atoms with van der Waals surface area (Å²) in [7, 11) is 4.08. The van der Waals surface area contributed by atoms with Crippen LogP contribution < -0.4 is 4.90 Å². The van der Waals surface area contributed by atoms with Crippen molar-refractivity contribution in [2.75, 3.05) is 19.0 Å². The maximum atomic E-state index is 5.98. The van der Waals surface area contributed by atoms with Gasteiger partial charge in [-0.05, 0) is 41.8 Å². The fourth-order valence-electron chi connectivity index (χ4n) is 2.99. The molecule has 0 fully saturated rings. The zero-order valence-electron chi connectivity index (χ0n) is 15.5. The lowest BCUT2D eigenvalue weighted by atomic mass is 10.2. The van der Waals surface area contributed by atoms with Gasteiger partial charge in [0.1, 0.15) is 6.17 Å². The predicted molar refractivity (Wildman–Crippen MR) is 110 cm³/mol. The van der Waals surface area contributed by atoms with Crippen molar-refractivity contribution in [1.82, 2.24) is 9.91 Å². The minimum absolute atomic E-state index is 0.225. The Hall–Kier alpha value is -2.46. The highest BCUT2D eigenvalue weighted by Gasteiger charge is 2.24. The van der Waals surface area contributed by atoms with Gasteiger partial charge in [0, 0.05) is 43.8 Å². The van der Waals surface area contributed by atoms with Crippen LogP contribution in [0.3, 0.4) is 0 Å². The van der Waals surface area contributed by atoms with Gasteiger partial charge in [-0.15, -0.1) is 0 Å². The maximum Gasteiger partial charge on any atom is 0.122 e. The van der Waals surface area contributed by atoms with Gasteiger partial charge in [-0.3, -0.25) is 0 Å². The minimum Gasteiger partial charge on any atom is -0.378 e. The van der Waals surface area contributed by atoms with E-state index in [0.717, 1.165) is 23.6 Å². The lowest BCUT2D eigenvalue weighted by molar-refractivity contribution is 0.147. The molecule has 0 spiro atoms. The Labute approximate surface area is 161 Å². The molecule has 3 rings (SSSR count). The van der Waals surface area contributed by atoms with Crippen LogP contribution in [0.4, 0.5) is 5.69 Å². The highest BCUT2D eigenvalue weighted by Crippen LogP contribution is 2.22. The Morgan fingerprint density at radius 1 is 1.04 bits per heavy atom. The topological polar surface area (TPSA) is 22.1 Å². The van der Waals surface area contributed by atoms with Crippen molar-refractivity contribution in [2.45, 2.75) is 26.1 Å². The molecular formula is C21H25ClN4. The average Bonchev–Trinajstić information content (AvgIpc) is 3.03. The first-order valence-corrected chi connectivity index (χ1v) is 9.23. The van der Waals surface area contributed by atoms with E-state index in [1.165, 1.54) is 11.3 Å². The van der Waals surface area contributed by atoms with Gasteiger partial charge in [-0.25, -0.2) is 5.01 Å². The highest BCUT2D eigenvalue weighted by molar-refractivity contribution is 6.30. The molecule has 136 valence electrons. The molecule has 0 aliphatic carbocycles. The first-order chi connectivity index (χ1) is 12.6. The van der Waals surface area contributed by atoms with E-state index in [4.69, 9.17) is 11.6 Å². The Kier molecular flexibility index (Phi) is 5.84. The van der Waals surface area contributed by atoms with Crippen LogP contribution in [0.25, 0.3) is 0 Å². The summed E-state index contributed by atoms with van der Waals surface area (Å²) < 4.78 is 0. The number of benzene rings is 2. The quantitative estimate of drug-likeness (QED) is 0.686. The summed E-state index contributed by atoms with van der Waals surface area (Å²) in [5.41, 5.74) is 3.52. The van der Waals surface area contributed by atoms with Crippen molar-refractivity contribution < 1.29 is 0 Å². The number of nitrogens with zero attached hydrogens (tertiary/aromatic N) is 4. The van der Waals surface area contributed by atoms with Gasteiger partial charge in [-0.1, -0.05) is 42.8 Å². The van der Waals surface area contributed by atoms with E-state index >= 15 is 0 Å². The number of hydrazone groups is 1. The van der Waals surface area contributed by atoms with Crippen LogP contribution in [-0.2, 0) is 6.54 Å². The molecule has 0 amide bonds. The van der Waals surface area contributed by atoms with Crippen molar-refractivity contribution >= 4 is 23.5 Å². The summed E-state index contributed by atoms with van der Waals surface area (Å²) in [5, 5.41) is 7.46. The zero-order valence-corrected chi connectivity index (χ0v) is 16.3. The van der Waals surface area contributed by atoms with Gasteiger partial charge in [0.25, 0.3) is 0 Å².